The van der Waals surface area contributed by atoms with Gasteiger partial charge in [-0.15, -0.1) is 13.2 Å². The van der Waals surface area contributed by atoms with Crippen LogP contribution in [0.3, 0.4) is 0 Å². The summed E-state index contributed by atoms with van der Waals surface area (Å²) in [5, 5.41) is 0. The molecule has 0 aromatic heterocycles. The predicted octanol–water partition coefficient (Wildman–Crippen LogP) is 2.74. The summed E-state index contributed by atoms with van der Waals surface area (Å²) in [6.45, 7) is 0. The minimum Gasteiger partial charge on any atom is -0.293 e. The standard InChI is InChI=1S/C10H8BrF3O2/c11-7-4-6-5(9(7)15)2-1-3-8(6)16-10(12,13)14/h1-3,6-8H,4H2. The molecule has 2 rings (SSSR count). The summed E-state index contributed by atoms with van der Waals surface area (Å²) in [6.07, 6.45) is -1.09. The van der Waals surface area contributed by atoms with Crippen LogP contribution in [0.4, 0.5) is 13.2 Å². The second-order valence-corrected chi connectivity index (χ2v) is 4.81. The van der Waals surface area contributed by atoms with E-state index >= 15 is 0 Å². The van der Waals surface area contributed by atoms with Crippen LogP contribution in [0.2, 0.25) is 0 Å². The first kappa shape index (κ1) is 11.9. The summed E-state index contributed by atoms with van der Waals surface area (Å²) in [4.78, 5) is 11.2. The number of hydrogen-bond donors (Lipinski definition) is 0. The number of alkyl halides is 4. The molecule has 0 heterocycles. The molecule has 88 valence electrons. The molecule has 0 aliphatic heterocycles. The van der Waals surface area contributed by atoms with Gasteiger partial charge in [-0.25, -0.2) is 0 Å². The lowest BCUT2D eigenvalue weighted by Crippen LogP contribution is -2.30. The predicted molar refractivity (Wildman–Crippen MR) is 54.0 cm³/mol. The van der Waals surface area contributed by atoms with E-state index in [1.54, 1.807) is 6.08 Å². The molecule has 0 radical (unpaired) electrons. The SMILES string of the molecule is O=C1C2=CC=CC(OC(F)(F)F)C2CC1Br. The molecule has 2 aliphatic carbocycles. The van der Waals surface area contributed by atoms with Gasteiger partial charge in [0.2, 0.25) is 0 Å². The molecular weight excluding hydrogens is 289 g/mol. The molecule has 6 heteroatoms. The zero-order valence-corrected chi connectivity index (χ0v) is 9.59. The van der Waals surface area contributed by atoms with Gasteiger partial charge in [0.05, 0.1) is 10.9 Å². The first-order chi connectivity index (χ1) is 7.38. The highest BCUT2D eigenvalue weighted by Gasteiger charge is 2.44. The highest BCUT2D eigenvalue weighted by molar-refractivity contribution is 9.10. The largest absolute Gasteiger partial charge is 0.523 e. The molecule has 0 aromatic rings. The van der Waals surface area contributed by atoms with E-state index in [1.807, 2.05) is 0 Å². The number of carbonyl (C=O) groups excluding carboxylic acids is 1. The number of halogens is 4. The fraction of sp³-hybridized carbons (Fsp3) is 0.500. The van der Waals surface area contributed by atoms with Crippen molar-refractivity contribution in [3.8, 4) is 0 Å². The van der Waals surface area contributed by atoms with Crippen LogP contribution < -0.4 is 0 Å². The number of ether oxygens (including phenoxy) is 1. The Morgan fingerprint density at radius 1 is 1.44 bits per heavy atom. The van der Waals surface area contributed by atoms with E-state index in [9.17, 15) is 18.0 Å². The van der Waals surface area contributed by atoms with Gasteiger partial charge < -0.3 is 0 Å². The third-order valence-corrected chi connectivity index (χ3v) is 3.46. The van der Waals surface area contributed by atoms with E-state index in [2.05, 4.69) is 20.7 Å². The topological polar surface area (TPSA) is 26.3 Å². The van der Waals surface area contributed by atoms with E-state index < -0.39 is 23.2 Å². The summed E-state index contributed by atoms with van der Waals surface area (Å²) in [5.74, 6) is -0.645. The van der Waals surface area contributed by atoms with Gasteiger partial charge >= 0.3 is 6.36 Å². The van der Waals surface area contributed by atoms with Crippen LogP contribution in [-0.2, 0) is 9.53 Å². The van der Waals surface area contributed by atoms with Crippen LogP contribution in [0.1, 0.15) is 6.42 Å². The van der Waals surface area contributed by atoms with Crippen LogP contribution in [-0.4, -0.2) is 23.1 Å². The molecular formula is C10H8BrF3O2. The highest BCUT2D eigenvalue weighted by atomic mass is 79.9. The zero-order valence-electron chi connectivity index (χ0n) is 8.00. The fourth-order valence-electron chi connectivity index (χ4n) is 2.02. The molecule has 0 bridgehead atoms. The minimum absolute atomic E-state index is 0.148. The number of fused-ring (bicyclic) bond motifs is 1. The molecule has 3 atom stereocenters. The number of hydrogen-bond acceptors (Lipinski definition) is 2. The van der Waals surface area contributed by atoms with E-state index in [0.29, 0.717) is 12.0 Å². The van der Waals surface area contributed by atoms with E-state index in [4.69, 9.17) is 0 Å². The van der Waals surface area contributed by atoms with Gasteiger partial charge in [-0.3, -0.25) is 9.53 Å². The van der Waals surface area contributed by atoms with E-state index in [0.717, 1.165) is 0 Å². The third-order valence-electron chi connectivity index (χ3n) is 2.67. The Balaban J connectivity index is 2.18. The average Bonchev–Trinajstić information content (AvgIpc) is 2.43. The van der Waals surface area contributed by atoms with Gasteiger partial charge in [-0.2, -0.15) is 0 Å². The second kappa shape index (κ2) is 4.00. The van der Waals surface area contributed by atoms with Gasteiger partial charge in [0.15, 0.2) is 5.78 Å². The van der Waals surface area contributed by atoms with Crippen molar-refractivity contribution in [3.63, 3.8) is 0 Å². The first-order valence-corrected chi connectivity index (χ1v) is 5.61. The second-order valence-electron chi connectivity index (χ2n) is 3.71. The summed E-state index contributed by atoms with van der Waals surface area (Å²) in [7, 11) is 0. The molecule has 0 aromatic carbocycles. The number of ketones is 1. The Morgan fingerprint density at radius 3 is 2.75 bits per heavy atom. The highest BCUT2D eigenvalue weighted by Crippen LogP contribution is 2.40. The van der Waals surface area contributed by atoms with Gasteiger partial charge in [-0.1, -0.05) is 34.2 Å². The fourth-order valence-corrected chi connectivity index (χ4v) is 2.68. The molecule has 16 heavy (non-hydrogen) atoms. The van der Waals surface area contributed by atoms with E-state index in [1.165, 1.54) is 12.2 Å². The van der Waals surface area contributed by atoms with Crippen molar-refractivity contribution in [2.45, 2.75) is 23.7 Å². The van der Waals surface area contributed by atoms with Crippen molar-refractivity contribution in [1.29, 1.82) is 0 Å². The van der Waals surface area contributed by atoms with Crippen LogP contribution in [0.5, 0.6) is 0 Å². The Hall–Kier alpha value is -0.620. The molecule has 2 aliphatic rings. The molecule has 0 N–H and O–H groups in total. The smallest absolute Gasteiger partial charge is 0.293 e. The van der Waals surface area contributed by atoms with Gasteiger partial charge in [0, 0.05) is 11.5 Å². The number of rotatable bonds is 1. The summed E-state index contributed by atoms with van der Waals surface area (Å²) in [5.41, 5.74) is 0.415. The van der Waals surface area contributed by atoms with Crippen molar-refractivity contribution < 1.29 is 22.7 Å². The van der Waals surface area contributed by atoms with Crippen molar-refractivity contribution >= 4 is 21.7 Å². The van der Waals surface area contributed by atoms with Crippen molar-refractivity contribution in [3.05, 3.63) is 23.8 Å². The van der Waals surface area contributed by atoms with Crippen LogP contribution in [0.25, 0.3) is 0 Å². The quantitative estimate of drug-likeness (QED) is 0.696. The van der Waals surface area contributed by atoms with Crippen molar-refractivity contribution in [2.75, 3.05) is 0 Å². The molecule has 1 fully saturated rings. The van der Waals surface area contributed by atoms with E-state index in [-0.39, 0.29) is 5.78 Å². The maximum absolute atomic E-state index is 12.1. The van der Waals surface area contributed by atoms with Crippen LogP contribution in [0, 0.1) is 5.92 Å². The maximum atomic E-state index is 12.1. The lowest BCUT2D eigenvalue weighted by atomic mass is 9.91. The van der Waals surface area contributed by atoms with Crippen LogP contribution in [0.15, 0.2) is 23.8 Å². The van der Waals surface area contributed by atoms with Crippen molar-refractivity contribution in [2.24, 2.45) is 5.92 Å². The monoisotopic (exact) mass is 296 g/mol. The molecule has 0 spiro atoms. The summed E-state index contributed by atoms with van der Waals surface area (Å²) in [6, 6.07) is 0. The Bertz CT molecular complexity index is 373. The number of carbonyl (C=O) groups is 1. The number of allylic oxidation sites excluding steroid dienone is 2. The molecule has 3 unspecified atom stereocenters. The van der Waals surface area contributed by atoms with Gasteiger partial charge in [0.25, 0.3) is 0 Å². The normalized spacial score (nSPS) is 33.9. The average molecular weight is 297 g/mol. The minimum atomic E-state index is -4.68. The summed E-state index contributed by atoms with van der Waals surface area (Å²) < 4.78 is 40.3. The maximum Gasteiger partial charge on any atom is 0.523 e. The Kier molecular flexibility index (Phi) is 2.96. The number of Topliss-reactive ketones (excluding diaryl/α,β-unsaturated/α-hetero) is 1. The third kappa shape index (κ3) is 2.22. The Labute approximate surface area is 98.3 Å². The molecule has 1 saturated carbocycles. The summed E-state index contributed by atoms with van der Waals surface area (Å²) >= 11 is 3.15. The zero-order chi connectivity index (χ0) is 11.9. The van der Waals surface area contributed by atoms with Gasteiger partial charge in [-0.05, 0) is 6.42 Å². The lowest BCUT2D eigenvalue weighted by molar-refractivity contribution is -0.340. The van der Waals surface area contributed by atoms with Crippen molar-refractivity contribution in [1.82, 2.24) is 0 Å². The lowest BCUT2D eigenvalue weighted by Gasteiger charge is -2.24. The molecule has 2 nitrogen and oxygen atoms in total. The first-order valence-electron chi connectivity index (χ1n) is 4.69. The molecule has 0 saturated heterocycles. The molecule has 0 amide bonds. The Morgan fingerprint density at radius 2 is 2.12 bits per heavy atom. The van der Waals surface area contributed by atoms with Gasteiger partial charge in [0.1, 0.15) is 0 Å². The van der Waals surface area contributed by atoms with Crippen LogP contribution >= 0.6 is 15.9 Å².